The molecule has 26 heavy (non-hydrogen) atoms. The number of carbonyl (C=O) groups excluding carboxylic acids is 1. The van der Waals surface area contributed by atoms with E-state index in [0.717, 1.165) is 24.1 Å². The van der Waals surface area contributed by atoms with Crippen LogP contribution in [0.15, 0.2) is 18.2 Å². The smallest absolute Gasteiger partial charge is 0.414 e. The van der Waals surface area contributed by atoms with Crippen LogP contribution in [0.4, 0.5) is 14.9 Å². The molecule has 2 atom stereocenters. The van der Waals surface area contributed by atoms with E-state index in [-0.39, 0.29) is 17.8 Å². The van der Waals surface area contributed by atoms with Gasteiger partial charge in [0.2, 0.25) is 0 Å². The van der Waals surface area contributed by atoms with Crippen LogP contribution in [0.5, 0.6) is 0 Å². The highest BCUT2D eigenvalue weighted by Crippen LogP contribution is 2.30. The number of anilines is 1. The average molecular weight is 383 g/mol. The fraction of sp³-hybridized carbons (Fsp3) is 0.412. The summed E-state index contributed by atoms with van der Waals surface area (Å²) in [7, 11) is -3.95. The maximum atomic E-state index is 14.0. The van der Waals surface area contributed by atoms with Crippen LogP contribution in [0.1, 0.15) is 25.8 Å². The number of rotatable bonds is 5. The summed E-state index contributed by atoms with van der Waals surface area (Å²) in [4.78, 5) is 24.6. The Hall–Kier alpha value is -2.60. The highest BCUT2D eigenvalue weighted by Gasteiger charge is 2.48. The number of carboxylic acids is 1. The monoisotopic (exact) mass is 383 g/mol. The second-order valence-electron chi connectivity index (χ2n) is 6.17. The van der Waals surface area contributed by atoms with E-state index in [4.69, 9.17) is 4.74 Å². The Morgan fingerprint density at radius 3 is 2.65 bits per heavy atom. The van der Waals surface area contributed by atoms with Crippen molar-refractivity contribution in [2.45, 2.75) is 31.1 Å². The summed E-state index contributed by atoms with van der Waals surface area (Å²) in [6, 6.07) is 4.02. The van der Waals surface area contributed by atoms with E-state index in [1.807, 2.05) is 0 Å². The number of halogens is 1. The summed E-state index contributed by atoms with van der Waals surface area (Å²) >= 11 is 0. The molecule has 9 heteroatoms. The predicted molar refractivity (Wildman–Crippen MR) is 92.1 cm³/mol. The van der Waals surface area contributed by atoms with Crippen molar-refractivity contribution < 1.29 is 32.2 Å². The van der Waals surface area contributed by atoms with Gasteiger partial charge in [-0.25, -0.2) is 17.6 Å². The second-order valence-corrected chi connectivity index (χ2v) is 8.61. The molecule has 1 heterocycles. The van der Waals surface area contributed by atoms with Crippen molar-refractivity contribution in [3.8, 4) is 11.8 Å². The van der Waals surface area contributed by atoms with E-state index >= 15 is 0 Å². The molecule has 1 saturated heterocycles. The lowest BCUT2D eigenvalue weighted by molar-refractivity contribution is -0.140. The fourth-order valence-electron chi connectivity index (χ4n) is 2.58. The molecule has 1 fully saturated rings. The number of amides is 1. The number of ether oxygens (including phenoxy) is 1. The minimum Gasteiger partial charge on any atom is -0.480 e. The minimum absolute atomic E-state index is 0.0878. The Kier molecular flexibility index (Phi) is 5.28. The third kappa shape index (κ3) is 3.65. The number of nitrogens with zero attached hydrogens (tertiary/aromatic N) is 1. The zero-order valence-electron chi connectivity index (χ0n) is 14.4. The molecule has 2 rings (SSSR count). The molecular formula is C17H18FNO6S. The zero-order valence-corrected chi connectivity index (χ0v) is 15.3. The summed E-state index contributed by atoms with van der Waals surface area (Å²) < 4.78 is 40.7. The van der Waals surface area contributed by atoms with Gasteiger partial charge in [-0.2, -0.15) is 0 Å². The Balaban J connectivity index is 2.24. The van der Waals surface area contributed by atoms with Gasteiger partial charge in [0.1, 0.15) is 11.9 Å². The summed E-state index contributed by atoms with van der Waals surface area (Å²) in [6.45, 7) is 2.55. The van der Waals surface area contributed by atoms with Gasteiger partial charge in [-0.05, 0) is 32.0 Å². The first kappa shape index (κ1) is 19.7. The number of hydrogen-bond donors (Lipinski definition) is 1. The predicted octanol–water partition coefficient (Wildman–Crippen LogP) is 1.80. The highest BCUT2D eigenvalue weighted by molar-refractivity contribution is 7.92. The van der Waals surface area contributed by atoms with E-state index in [1.54, 1.807) is 6.92 Å². The van der Waals surface area contributed by atoms with Crippen molar-refractivity contribution in [2.24, 2.45) is 0 Å². The Morgan fingerprint density at radius 1 is 1.50 bits per heavy atom. The molecule has 1 N–H and O–H groups in total. The van der Waals surface area contributed by atoms with Gasteiger partial charge in [-0.1, -0.05) is 5.92 Å². The molecule has 0 spiro atoms. The van der Waals surface area contributed by atoms with Crippen LogP contribution < -0.4 is 4.90 Å². The van der Waals surface area contributed by atoms with Crippen LogP contribution >= 0.6 is 0 Å². The van der Waals surface area contributed by atoms with Crippen molar-refractivity contribution >= 4 is 27.6 Å². The lowest BCUT2D eigenvalue weighted by Crippen LogP contribution is -2.46. The van der Waals surface area contributed by atoms with E-state index in [2.05, 4.69) is 11.8 Å². The number of aliphatic carboxylic acids is 1. The van der Waals surface area contributed by atoms with Crippen LogP contribution in [0.3, 0.4) is 0 Å². The molecule has 0 saturated carbocycles. The number of hydrogen-bond acceptors (Lipinski definition) is 5. The molecule has 140 valence electrons. The summed E-state index contributed by atoms with van der Waals surface area (Å²) in [5.74, 6) is 3.02. The molecule has 1 aromatic rings. The van der Waals surface area contributed by atoms with Crippen molar-refractivity contribution in [1.82, 2.24) is 0 Å². The molecule has 0 bridgehead atoms. The quantitative estimate of drug-likeness (QED) is 0.778. The Labute approximate surface area is 150 Å². The maximum Gasteiger partial charge on any atom is 0.414 e. The fourth-order valence-corrected chi connectivity index (χ4v) is 3.38. The van der Waals surface area contributed by atoms with Gasteiger partial charge in [0.15, 0.2) is 14.6 Å². The van der Waals surface area contributed by atoms with Crippen LogP contribution in [0.2, 0.25) is 0 Å². The molecular weight excluding hydrogens is 365 g/mol. The number of carbonyl (C=O) groups is 2. The van der Waals surface area contributed by atoms with Crippen LogP contribution in [0.25, 0.3) is 0 Å². The molecule has 1 aliphatic heterocycles. The van der Waals surface area contributed by atoms with Gasteiger partial charge < -0.3 is 9.84 Å². The lowest BCUT2D eigenvalue weighted by Gasteiger charge is -2.24. The maximum absolute atomic E-state index is 14.0. The van der Waals surface area contributed by atoms with Crippen LogP contribution in [-0.2, 0) is 19.4 Å². The zero-order chi connectivity index (χ0) is 19.7. The Morgan fingerprint density at radius 2 is 2.15 bits per heavy atom. The molecule has 2 unspecified atom stereocenters. The first-order chi connectivity index (χ1) is 12.0. The van der Waals surface area contributed by atoms with E-state index in [0.29, 0.717) is 0 Å². The SMILES string of the molecule is CC#Cc1ccc(N2CC(CC(C)(C(=O)O)S(C)(=O)=O)OC2=O)cc1F. The molecule has 1 aromatic carbocycles. The number of cyclic esters (lactones) is 1. The van der Waals surface area contributed by atoms with Crippen LogP contribution in [0, 0.1) is 17.7 Å². The Bertz CT molecular complexity index is 917. The van der Waals surface area contributed by atoms with Gasteiger partial charge in [-0.3, -0.25) is 9.69 Å². The van der Waals surface area contributed by atoms with Crippen molar-refractivity contribution in [3.63, 3.8) is 0 Å². The van der Waals surface area contributed by atoms with E-state index < -0.39 is 45.0 Å². The average Bonchev–Trinajstić information content (AvgIpc) is 2.88. The summed E-state index contributed by atoms with van der Waals surface area (Å²) in [6.07, 6.45) is -1.36. The summed E-state index contributed by atoms with van der Waals surface area (Å²) in [5.41, 5.74) is 0.393. The second kappa shape index (κ2) is 6.96. The first-order valence-electron chi connectivity index (χ1n) is 7.63. The third-order valence-electron chi connectivity index (χ3n) is 4.29. The molecule has 0 aliphatic carbocycles. The van der Waals surface area contributed by atoms with Gasteiger partial charge in [0.05, 0.1) is 17.8 Å². The van der Waals surface area contributed by atoms with Crippen molar-refractivity contribution in [3.05, 3.63) is 29.6 Å². The van der Waals surface area contributed by atoms with Gasteiger partial charge >= 0.3 is 12.1 Å². The molecule has 0 aromatic heterocycles. The van der Waals surface area contributed by atoms with Crippen molar-refractivity contribution in [1.29, 1.82) is 0 Å². The third-order valence-corrected chi connectivity index (χ3v) is 6.26. The standard InChI is InChI=1S/C17H18FNO6S/c1-4-5-11-6-7-12(8-14(11)18)19-10-13(25-16(19)22)9-17(2,15(20)21)26(3,23)24/h6-8,13H,9-10H2,1-3H3,(H,20,21). The highest BCUT2D eigenvalue weighted by atomic mass is 32.2. The molecule has 1 aliphatic rings. The van der Waals surface area contributed by atoms with Gasteiger partial charge in [-0.15, -0.1) is 5.92 Å². The van der Waals surface area contributed by atoms with Crippen LogP contribution in [-0.4, -0.2) is 49.2 Å². The number of sulfone groups is 1. The first-order valence-corrected chi connectivity index (χ1v) is 9.52. The van der Waals surface area contributed by atoms with E-state index in [9.17, 15) is 27.5 Å². The molecule has 0 radical (unpaired) electrons. The van der Waals surface area contributed by atoms with Gasteiger partial charge in [0.25, 0.3) is 0 Å². The lowest BCUT2D eigenvalue weighted by atomic mass is 10.0. The normalized spacial score (nSPS) is 19.3. The molecule has 7 nitrogen and oxygen atoms in total. The molecule has 1 amide bonds. The topological polar surface area (TPSA) is 101 Å². The van der Waals surface area contributed by atoms with Crippen molar-refractivity contribution in [2.75, 3.05) is 17.7 Å². The van der Waals surface area contributed by atoms with Gasteiger partial charge in [0, 0.05) is 12.7 Å². The number of carboxylic acid groups (broad SMARTS) is 1. The summed E-state index contributed by atoms with van der Waals surface area (Å²) in [5, 5.41) is 9.30. The minimum atomic E-state index is -3.95. The number of benzene rings is 1. The van der Waals surface area contributed by atoms with E-state index in [1.165, 1.54) is 12.1 Å². The largest absolute Gasteiger partial charge is 0.480 e.